The first-order valence-corrected chi connectivity index (χ1v) is 7.35. The van der Waals surface area contributed by atoms with Crippen LogP contribution in [0.1, 0.15) is 38.8 Å². The molecule has 114 valence electrons. The molecule has 1 rings (SSSR count). The second-order valence-electron chi connectivity index (χ2n) is 4.59. The first kappa shape index (κ1) is 16.8. The van der Waals surface area contributed by atoms with Gasteiger partial charge >= 0.3 is 0 Å². The molecule has 0 radical (unpaired) electrons. The highest BCUT2D eigenvalue weighted by atomic mass is 16.5. The molecule has 0 saturated carbocycles. The van der Waals surface area contributed by atoms with Crippen LogP contribution < -0.4 is 14.8 Å². The minimum atomic E-state index is 0.188. The van der Waals surface area contributed by atoms with E-state index in [1.807, 2.05) is 25.1 Å². The van der Waals surface area contributed by atoms with E-state index in [1.54, 1.807) is 7.11 Å². The van der Waals surface area contributed by atoms with Gasteiger partial charge in [0.15, 0.2) is 0 Å². The van der Waals surface area contributed by atoms with Crippen LogP contribution in [0.5, 0.6) is 11.5 Å². The molecule has 0 fully saturated rings. The lowest BCUT2D eigenvalue weighted by atomic mass is 10.1. The molecule has 1 aromatic rings. The van der Waals surface area contributed by atoms with Gasteiger partial charge in [0.1, 0.15) is 18.1 Å². The van der Waals surface area contributed by atoms with Gasteiger partial charge in [0.05, 0.1) is 19.3 Å². The van der Waals surface area contributed by atoms with E-state index in [0.29, 0.717) is 19.8 Å². The Kier molecular flexibility index (Phi) is 8.07. The van der Waals surface area contributed by atoms with Crippen molar-refractivity contribution in [3.63, 3.8) is 0 Å². The monoisotopic (exact) mass is 281 g/mol. The fraction of sp³-hybridized carbons (Fsp3) is 0.625. The lowest BCUT2D eigenvalue weighted by Gasteiger charge is -2.21. The van der Waals surface area contributed by atoms with Crippen molar-refractivity contribution in [3.8, 4) is 11.5 Å². The van der Waals surface area contributed by atoms with Gasteiger partial charge in [-0.2, -0.15) is 0 Å². The zero-order valence-electron chi connectivity index (χ0n) is 13.1. The van der Waals surface area contributed by atoms with Crippen molar-refractivity contribution >= 4 is 0 Å². The van der Waals surface area contributed by atoms with E-state index in [-0.39, 0.29) is 6.04 Å². The maximum absolute atomic E-state index is 5.84. The summed E-state index contributed by atoms with van der Waals surface area (Å²) >= 11 is 0. The number of ether oxygens (including phenoxy) is 3. The number of hydrogen-bond donors (Lipinski definition) is 1. The summed E-state index contributed by atoms with van der Waals surface area (Å²) in [5.41, 5.74) is 1.07. The molecule has 0 aliphatic carbocycles. The molecule has 1 N–H and O–H groups in total. The highest BCUT2D eigenvalue weighted by Gasteiger charge is 2.16. The van der Waals surface area contributed by atoms with Gasteiger partial charge in [0.25, 0.3) is 0 Å². The Morgan fingerprint density at radius 3 is 2.55 bits per heavy atom. The molecule has 0 heterocycles. The molecule has 0 spiro atoms. The van der Waals surface area contributed by atoms with Crippen LogP contribution in [0.15, 0.2) is 18.2 Å². The number of rotatable bonds is 10. The quantitative estimate of drug-likeness (QED) is 0.669. The number of hydrogen-bond acceptors (Lipinski definition) is 4. The average Bonchev–Trinajstić information content (AvgIpc) is 2.48. The number of benzene rings is 1. The molecule has 0 bridgehead atoms. The smallest absolute Gasteiger partial charge is 0.127 e. The van der Waals surface area contributed by atoms with Crippen LogP contribution in [0.25, 0.3) is 0 Å². The summed E-state index contributed by atoms with van der Waals surface area (Å²) in [4.78, 5) is 0. The third-order valence-corrected chi connectivity index (χ3v) is 3.07. The number of methoxy groups -OCH3 is 1. The van der Waals surface area contributed by atoms with Gasteiger partial charge in [-0.15, -0.1) is 0 Å². The van der Waals surface area contributed by atoms with Gasteiger partial charge in [0.2, 0.25) is 0 Å². The molecule has 1 unspecified atom stereocenters. The zero-order chi connectivity index (χ0) is 14.8. The van der Waals surface area contributed by atoms with Gasteiger partial charge in [-0.3, -0.25) is 0 Å². The van der Waals surface area contributed by atoms with Crippen LogP contribution in [0, 0.1) is 0 Å². The SMILES string of the molecule is CCCNC(C)c1c(OC)cccc1OCCOCC. The van der Waals surface area contributed by atoms with Crippen molar-refractivity contribution in [3.05, 3.63) is 23.8 Å². The predicted octanol–water partition coefficient (Wildman–Crippen LogP) is 3.17. The summed E-state index contributed by atoms with van der Waals surface area (Å²) < 4.78 is 16.6. The van der Waals surface area contributed by atoms with Gasteiger partial charge < -0.3 is 19.5 Å². The van der Waals surface area contributed by atoms with Crippen molar-refractivity contribution in [1.29, 1.82) is 0 Å². The normalized spacial score (nSPS) is 12.2. The van der Waals surface area contributed by atoms with E-state index < -0.39 is 0 Å². The second-order valence-corrected chi connectivity index (χ2v) is 4.59. The molecule has 4 nitrogen and oxygen atoms in total. The van der Waals surface area contributed by atoms with E-state index in [1.165, 1.54) is 0 Å². The third-order valence-electron chi connectivity index (χ3n) is 3.07. The molecule has 4 heteroatoms. The summed E-state index contributed by atoms with van der Waals surface area (Å²) in [7, 11) is 1.69. The standard InChI is InChI=1S/C16H27NO3/c1-5-10-17-13(3)16-14(18-4)8-7-9-15(16)20-12-11-19-6-2/h7-9,13,17H,5-6,10-12H2,1-4H3. The Morgan fingerprint density at radius 1 is 1.15 bits per heavy atom. The highest BCUT2D eigenvalue weighted by Crippen LogP contribution is 2.33. The molecule has 1 atom stereocenters. The molecule has 0 aliphatic rings. The third kappa shape index (κ3) is 5.02. The van der Waals surface area contributed by atoms with Crippen molar-refractivity contribution in [2.24, 2.45) is 0 Å². The van der Waals surface area contributed by atoms with Gasteiger partial charge in [-0.05, 0) is 38.9 Å². The van der Waals surface area contributed by atoms with Crippen LogP contribution in [0.2, 0.25) is 0 Å². The molecule has 0 aromatic heterocycles. The average molecular weight is 281 g/mol. The Labute approximate surface area is 122 Å². The maximum atomic E-state index is 5.84. The summed E-state index contributed by atoms with van der Waals surface area (Å²) in [5.74, 6) is 1.72. The van der Waals surface area contributed by atoms with Crippen LogP contribution in [0.3, 0.4) is 0 Å². The Bertz CT molecular complexity index is 382. The number of nitrogens with one attached hydrogen (secondary N) is 1. The predicted molar refractivity (Wildman–Crippen MR) is 81.7 cm³/mol. The molecule has 0 saturated heterocycles. The van der Waals surface area contributed by atoms with Crippen molar-refractivity contribution in [2.45, 2.75) is 33.2 Å². The molecule has 20 heavy (non-hydrogen) atoms. The summed E-state index contributed by atoms with van der Waals surface area (Å²) in [6.07, 6.45) is 1.10. The van der Waals surface area contributed by atoms with E-state index in [9.17, 15) is 0 Å². The maximum Gasteiger partial charge on any atom is 0.127 e. The van der Waals surface area contributed by atoms with E-state index >= 15 is 0 Å². The molecular weight excluding hydrogens is 254 g/mol. The summed E-state index contributed by atoms with van der Waals surface area (Å²) in [5, 5.41) is 3.47. The van der Waals surface area contributed by atoms with Crippen LogP contribution in [-0.4, -0.2) is 33.5 Å². The van der Waals surface area contributed by atoms with E-state index in [2.05, 4.69) is 19.2 Å². The molecule has 0 aliphatic heterocycles. The molecular formula is C16H27NO3. The van der Waals surface area contributed by atoms with Crippen LogP contribution in [-0.2, 0) is 4.74 Å². The summed E-state index contributed by atoms with van der Waals surface area (Å²) in [6, 6.07) is 6.08. The first-order valence-electron chi connectivity index (χ1n) is 7.35. The highest BCUT2D eigenvalue weighted by molar-refractivity contribution is 5.46. The molecule has 1 aromatic carbocycles. The van der Waals surface area contributed by atoms with Gasteiger partial charge in [0, 0.05) is 12.6 Å². The van der Waals surface area contributed by atoms with Crippen molar-refractivity contribution in [1.82, 2.24) is 5.32 Å². The minimum Gasteiger partial charge on any atom is -0.496 e. The fourth-order valence-electron chi connectivity index (χ4n) is 2.07. The van der Waals surface area contributed by atoms with Crippen LogP contribution >= 0.6 is 0 Å². The van der Waals surface area contributed by atoms with Gasteiger partial charge in [-0.1, -0.05) is 13.0 Å². The summed E-state index contributed by atoms with van der Waals surface area (Å²) in [6.45, 7) is 9.09. The second kappa shape index (κ2) is 9.61. The lowest BCUT2D eigenvalue weighted by Crippen LogP contribution is -2.21. The lowest BCUT2D eigenvalue weighted by molar-refractivity contribution is 0.109. The first-order chi connectivity index (χ1) is 9.74. The fourth-order valence-corrected chi connectivity index (χ4v) is 2.07. The largest absolute Gasteiger partial charge is 0.496 e. The Balaban J connectivity index is 2.80. The topological polar surface area (TPSA) is 39.7 Å². The van der Waals surface area contributed by atoms with Gasteiger partial charge in [-0.25, -0.2) is 0 Å². The van der Waals surface area contributed by atoms with Crippen molar-refractivity contribution < 1.29 is 14.2 Å². The van der Waals surface area contributed by atoms with E-state index in [0.717, 1.165) is 30.0 Å². The Morgan fingerprint density at radius 2 is 1.90 bits per heavy atom. The van der Waals surface area contributed by atoms with E-state index in [4.69, 9.17) is 14.2 Å². The minimum absolute atomic E-state index is 0.188. The molecule has 0 amide bonds. The van der Waals surface area contributed by atoms with Crippen molar-refractivity contribution in [2.75, 3.05) is 33.5 Å². The Hall–Kier alpha value is -1.26. The zero-order valence-corrected chi connectivity index (χ0v) is 13.1. The van der Waals surface area contributed by atoms with Crippen LogP contribution in [0.4, 0.5) is 0 Å².